The Bertz CT molecular complexity index is 745. The second-order valence-corrected chi connectivity index (χ2v) is 9.93. The van der Waals surface area contributed by atoms with Gasteiger partial charge in [-0.15, -0.1) is 22.7 Å². The summed E-state index contributed by atoms with van der Waals surface area (Å²) in [6.07, 6.45) is 12.8. The van der Waals surface area contributed by atoms with Crippen molar-refractivity contribution in [1.82, 2.24) is 0 Å². The lowest BCUT2D eigenvalue weighted by Crippen LogP contribution is -1.91. The topological polar surface area (TPSA) is 0 Å². The van der Waals surface area contributed by atoms with Crippen LogP contribution in [0.15, 0.2) is 36.4 Å². The molecule has 3 rings (SSSR count). The van der Waals surface area contributed by atoms with Gasteiger partial charge in [0.25, 0.3) is 0 Å². The molecule has 3 aromatic rings. The number of benzene rings is 1. The molecule has 0 saturated carbocycles. The van der Waals surface area contributed by atoms with E-state index >= 15 is 0 Å². The predicted molar refractivity (Wildman–Crippen MR) is 120 cm³/mol. The van der Waals surface area contributed by atoms with E-state index in [4.69, 9.17) is 0 Å². The SMILES string of the molecule is CCCCCc1ccc(CCc2cc3cc(CCCCC)sc3s2)cc1. The number of aryl methyl sites for hydroxylation is 4. The Kier molecular flexibility index (Phi) is 7.76. The van der Waals surface area contributed by atoms with E-state index in [0.29, 0.717) is 0 Å². The van der Waals surface area contributed by atoms with E-state index in [0.717, 1.165) is 6.42 Å². The van der Waals surface area contributed by atoms with E-state index < -0.39 is 0 Å². The monoisotopic (exact) mass is 384 g/mol. The van der Waals surface area contributed by atoms with Gasteiger partial charge in [-0.25, -0.2) is 0 Å². The summed E-state index contributed by atoms with van der Waals surface area (Å²) in [5, 5.41) is 1.48. The molecule has 1 aromatic carbocycles. The van der Waals surface area contributed by atoms with Crippen molar-refractivity contribution in [2.75, 3.05) is 0 Å². The van der Waals surface area contributed by atoms with Crippen molar-refractivity contribution in [3.63, 3.8) is 0 Å². The molecule has 0 amide bonds. The largest absolute Gasteiger partial charge is 0.129 e. The fourth-order valence-electron chi connectivity index (χ4n) is 3.46. The molecule has 2 heteroatoms. The van der Waals surface area contributed by atoms with Crippen LogP contribution in [-0.4, -0.2) is 0 Å². The maximum Gasteiger partial charge on any atom is 0.0870 e. The molecule has 0 aliphatic rings. The number of thiophene rings is 2. The van der Waals surface area contributed by atoms with Crippen LogP contribution in [0.25, 0.3) is 9.40 Å². The molecule has 0 nitrogen and oxygen atoms in total. The van der Waals surface area contributed by atoms with Gasteiger partial charge in [0.2, 0.25) is 0 Å². The molecular formula is C24H32S2. The zero-order valence-corrected chi connectivity index (χ0v) is 18.0. The summed E-state index contributed by atoms with van der Waals surface area (Å²) in [4.78, 5) is 3.11. The molecule has 0 bridgehead atoms. The Hall–Kier alpha value is -1.12. The highest BCUT2D eigenvalue weighted by Gasteiger charge is 2.07. The summed E-state index contributed by atoms with van der Waals surface area (Å²) < 4.78 is 1.53. The Labute approximate surface area is 167 Å². The van der Waals surface area contributed by atoms with Gasteiger partial charge < -0.3 is 0 Å². The van der Waals surface area contributed by atoms with Gasteiger partial charge in [-0.1, -0.05) is 63.8 Å². The zero-order chi connectivity index (χ0) is 18.2. The quantitative estimate of drug-likeness (QED) is 0.292. The molecule has 0 radical (unpaired) electrons. The summed E-state index contributed by atoms with van der Waals surface area (Å²) in [6.45, 7) is 4.55. The molecule has 0 fully saturated rings. The summed E-state index contributed by atoms with van der Waals surface area (Å²) >= 11 is 4.03. The minimum Gasteiger partial charge on any atom is -0.129 e. The Morgan fingerprint density at radius 3 is 1.73 bits per heavy atom. The molecule has 140 valence electrons. The van der Waals surface area contributed by atoms with Crippen molar-refractivity contribution < 1.29 is 0 Å². The van der Waals surface area contributed by atoms with Crippen molar-refractivity contribution in [2.45, 2.75) is 78.1 Å². The van der Waals surface area contributed by atoms with Crippen LogP contribution in [0, 0.1) is 0 Å². The molecule has 0 atom stereocenters. The van der Waals surface area contributed by atoms with Crippen LogP contribution in [0.3, 0.4) is 0 Å². The second-order valence-electron chi connectivity index (χ2n) is 7.40. The van der Waals surface area contributed by atoms with Crippen molar-refractivity contribution in [3.05, 3.63) is 57.3 Å². The summed E-state index contributed by atoms with van der Waals surface area (Å²) in [5.74, 6) is 0. The lowest BCUT2D eigenvalue weighted by Gasteiger charge is -2.04. The molecule has 0 aliphatic heterocycles. The normalized spacial score (nSPS) is 11.5. The highest BCUT2D eigenvalue weighted by atomic mass is 32.2. The predicted octanol–water partition coefficient (Wildman–Crippen LogP) is 8.21. The average Bonchev–Trinajstić information content (AvgIpc) is 3.20. The van der Waals surface area contributed by atoms with Gasteiger partial charge in [-0.3, -0.25) is 0 Å². The first-order valence-corrected chi connectivity index (χ1v) is 12.0. The molecule has 0 saturated heterocycles. The van der Waals surface area contributed by atoms with Crippen LogP contribution in [0.4, 0.5) is 0 Å². The Balaban J connectivity index is 1.50. The highest BCUT2D eigenvalue weighted by molar-refractivity contribution is 7.38. The minimum absolute atomic E-state index is 1.16. The van der Waals surface area contributed by atoms with Gasteiger partial charge >= 0.3 is 0 Å². The van der Waals surface area contributed by atoms with Crippen LogP contribution < -0.4 is 0 Å². The first-order valence-electron chi connectivity index (χ1n) is 10.4. The average molecular weight is 385 g/mol. The van der Waals surface area contributed by atoms with Gasteiger partial charge in [0, 0.05) is 15.1 Å². The van der Waals surface area contributed by atoms with Gasteiger partial charge in [-0.2, -0.15) is 0 Å². The lowest BCUT2D eigenvalue weighted by atomic mass is 10.0. The van der Waals surface area contributed by atoms with E-state index in [2.05, 4.69) is 50.2 Å². The first-order chi connectivity index (χ1) is 12.8. The van der Waals surface area contributed by atoms with Crippen LogP contribution in [0.1, 0.15) is 73.3 Å². The first kappa shape index (κ1) is 19.6. The number of hydrogen-bond donors (Lipinski definition) is 0. The number of hydrogen-bond acceptors (Lipinski definition) is 2. The number of rotatable bonds is 11. The molecule has 2 heterocycles. The van der Waals surface area contributed by atoms with Crippen LogP contribution >= 0.6 is 22.7 Å². The van der Waals surface area contributed by atoms with Crippen molar-refractivity contribution in [2.24, 2.45) is 0 Å². The Morgan fingerprint density at radius 1 is 0.615 bits per heavy atom. The molecule has 0 N–H and O–H groups in total. The fraction of sp³-hybridized carbons (Fsp3) is 0.500. The Morgan fingerprint density at radius 2 is 1.15 bits per heavy atom. The third-order valence-electron chi connectivity index (χ3n) is 5.10. The molecule has 0 unspecified atom stereocenters. The van der Waals surface area contributed by atoms with Crippen LogP contribution in [0.2, 0.25) is 0 Å². The number of unbranched alkanes of at least 4 members (excludes halogenated alkanes) is 4. The third-order valence-corrected chi connectivity index (χ3v) is 7.61. The van der Waals surface area contributed by atoms with Crippen molar-refractivity contribution >= 4 is 32.1 Å². The van der Waals surface area contributed by atoms with E-state index in [1.807, 2.05) is 22.7 Å². The van der Waals surface area contributed by atoms with E-state index in [9.17, 15) is 0 Å². The van der Waals surface area contributed by atoms with Gasteiger partial charge in [0.1, 0.15) is 0 Å². The van der Waals surface area contributed by atoms with Gasteiger partial charge in [0.15, 0.2) is 0 Å². The molecule has 26 heavy (non-hydrogen) atoms. The second kappa shape index (κ2) is 10.3. The van der Waals surface area contributed by atoms with Crippen molar-refractivity contribution in [1.29, 1.82) is 0 Å². The smallest absolute Gasteiger partial charge is 0.0870 e. The standard InChI is InChI=1S/C24H32S2/c1-3-5-7-9-19-11-13-20(14-12-19)15-16-23-18-21-17-22(10-8-6-4-2)25-24(21)26-23/h11-14,17-18H,3-10,15-16H2,1-2H3. The summed E-state index contributed by atoms with van der Waals surface area (Å²) in [6, 6.07) is 14.2. The number of fused-ring (bicyclic) bond motifs is 1. The van der Waals surface area contributed by atoms with E-state index in [1.165, 1.54) is 78.3 Å². The summed E-state index contributed by atoms with van der Waals surface area (Å²) in [5.41, 5.74) is 2.97. The molecular weight excluding hydrogens is 352 g/mol. The van der Waals surface area contributed by atoms with Gasteiger partial charge in [-0.05, 0) is 61.8 Å². The van der Waals surface area contributed by atoms with Crippen LogP contribution in [-0.2, 0) is 25.7 Å². The lowest BCUT2D eigenvalue weighted by molar-refractivity contribution is 0.717. The van der Waals surface area contributed by atoms with Crippen molar-refractivity contribution in [3.8, 4) is 0 Å². The minimum atomic E-state index is 1.16. The highest BCUT2D eigenvalue weighted by Crippen LogP contribution is 2.34. The zero-order valence-electron chi connectivity index (χ0n) is 16.4. The molecule has 2 aromatic heterocycles. The van der Waals surface area contributed by atoms with E-state index in [-0.39, 0.29) is 0 Å². The molecule has 0 aliphatic carbocycles. The van der Waals surface area contributed by atoms with E-state index in [1.54, 1.807) is 9.75 Å². The molecule has 0 spiro atoms. The van der Waals surface area contributed by atoms with Gasteiger partial charge in [0.05, 0.1) is 4.01 Å². The maximum absolute atomic E-state index is 2.43. The fourth-order valence-corrected chi connectivity index (χ4v) is 6.04. The summed E-state index contributed by atoms with van der Waals surface area (Å²) in [7, 11) is 0. The maximum atomic E-state index is 2.43. The third kappa shape index (κ3) is 5.69. The van der Waals surface area contributed by atoms with Crippen LogP contribution in [0.5, 0.6) is 0 Å².